The Balaban J connectivity index is 1.57. The number of carbonyl (C=O) groups is 2. The summed E-state index contributed by atoms with van der Waals surface area (Å²) in [6.07, 6.45) is 14.4. The van der Waals surface area contributed by atoms with Crippen molar-refractivity contribution in [1.29, 1.82) is 0 Å². The summed E-state index contributed by atoms with van der Waals surface area (Å²) < 4.78 is 0. The van der Waals surface area contributed by atoms with Gasteiger partial charge in [-0.15, -0.1) is 0 Å². The first-order chi connectivity index (χ1) is 16.6. The lowest BCUT2D eigenvalue weighted by atomic mass is 9.34. The van der Waals surface area contributed by atoms with Gasteiger partial charge in [-0.1, -0.05) is 52.3 Å². The third-order valence-corrected chi connectivity index (χ3v) is 12.1. The van der Waals surface area contributed by atoms with Crippen LogP contribution in [-0.4, -0.2) is 35.3 Å². The summed E-state index contributed by atoms with van der Waals surface area (Å²) in [4.78, 5) is 26.7. The Hall–Kier alpha value is -2.10. The first kappa shape index (κ1) is 25.5. The number of fused-ring (bicyclic) bond motifs is 7. The molecule has 3 saturated carbocycles. The van der Waals surface area contributed by atoms with Crippen LogP contribution in [0, 0.1) is 33.0 Å². The SMILES string of the molecule is CC(=O)N(C)C[C@]1(C)CC[C@]2(C)CC[C@]3(C)C4=CC=C5C(=CC(=O)C(O)=C5C)[C@]4(C)CC[C@@]3(C)[C@@H]2C1. The zero-order chi connectivity index (χ0) is 26.5. The van der Waals surface area contributed by atoms with Crippen LogP contribution in [-0.2, 0) is 9.59 Å². The van der Waals surface area contributed by atoms with E-state index < -0.39 is 0 Å². The van der Waals surface area contributed by atoms with E-state index in [2.05, 4.69) is 46.8 Å². The molecule has 0 unspecified atom stereocenters. The van der Waals surface area contributed by atoms with Gasteiger partial charge in [0.1, 0.15) is 0 Å². The summed E-state index contributed by atoms with van der Waals surface area (Å²) >= 11 is 0. The highest BCUT2D eigenvalue weighted by molar-refractivity contribution is 6.06. The molecule has 4 heteroatoms. The summed E-state index contributed by atoms with van der Waals surface area (Å²) in [6, 6.07) is 0. The molecule has 0 spiro atoms. The number of amides is 1. The molecule has 3 fully saturated rings. The zero-order valence-corrected chi connectivity index (χ0v) is 23.7. The van der Waals surface area contributed by atoms with Crippen molar-refractivity contribution in [2.75, 3.05) is 13.6 Å². The highest BCUT2D eigenvalue weighted by Gasteiger charge is 2.66. The molecule has 5 aliphatic rings. The maximum Gasteiger partial charge on any atom is 0.220 e. The average Bonchev–Trinajstić information content (AvgIpc) is 2.81. The van der Waals surface area contributed by atoms with E-state index in [1.807, 2.05) is 18.9 Å². The number of carbonyl (C=O) groups excluding carboxylic acids is 2. The number of rotatable bonds is 2. The first-order valence-electron chi connectivity index (χ1n) is 13.9. The van der Waals surface area contributed by atoms with Crippen LogP contribution in [0.25, 0.3) is 0 Å². The molecule has 0 aromatic carbocycles. The van der Waals surface area contributed by atoms with E-state index in [-0.39, 0.29) is 39.1 Å². The third kappa shape index (κ3) is 3.24. The van der Waals surface area contributed by atoms with Gasteiger partial charge in [-0.05, 0) is 96.7 Å². The van der Waals surface area contributed by atoms with Crippen molar-refractivity contribution in [2.45, 2.75) is 93.4 Å². The first-order valence-corrected chi connectivity index (χ1v) is 13.9. The van der Waals surface area contributed by atoms with Crippen molar-refractivity contribution in [1.82, 2.24) is 4.90 Å². The minimum atomic E-state index is -0.255. The van der Waals surface area contributed by atoms with Gasteiger partial charge < -0.3 is 10.0 Å². The van der Waals surface area contributed by atoms with Crippen LogP contribution in [0.4, 0.5) is 0 Å². The van der Waals surface area contributed by atoms with Crippen molar-refractivity contribution in [3.8, 4) is 0 Å². The second-order valence-electron chi connectivity index (χ2n) is 14.2. The molecule has 196 valence electrons. The van der Waals surface area contributed by atoms with Gasteiger partial charge in [0.2, 0.25) is 11.7 Å². The molecule has 6 atom stereocenters. The molecule has 4 nitrogen and oxygen atoms in total. The molecule has 0 bridgehead atoms. The third-order valence-electron chi connectivity index (χ3n) is 12.1. The zero-order valence-electron chi connectivity index (χ0n) is 23.7. The van der Waals surface area contributed by atoms with Crippen molar-refractivity contribution in [2.24, 2.45) is 33.0 Å². The predicted molar refractivity (Wildman–Crippen MR) is 144 cm³/mol. The standard InChI is InChI=1S/C32H45NO3/c1-20-22-9-10-25-30(5,23(22)17-24(35)27(20)36)14-16-32(7)26-18-28(3,19-33(8)21(2)34)11-12-29(26,4)13-15-31(25,32)6/h9-10,17,26,36H,11-16,18-19H2,1-8H3/t26-,28-,29-,30+,31-,32+/m1/s1. The normalized spacial score (nSPS) is 43.8. The molecule has 0 saturated heterocycles. The van der Waals surface area contributed by atoms with E-state index in [1.165, 1.54) is 31.3 Å². The average molecular weight is 492 g/mol. The second kappa shape index (κ2) is 7.71. The Kier molecular flexibility index (Phi) is 5.47. The lowest BCUT2D eigenvalue weighted by Gasteiger charge is -2.70. The van der Waals surface area contributed by atoms with Gasteiger partial charge in [0, 0.05) is 31.5 Å². The number of allylic oxidation sites excluding steroid dienone is 7. The Bertz CT molecular complexity index is 1170. The minimum absolute atomic E-state index is 0.0396. The lowest BCUT2D eigenvalue weighted by Crippen LogP contribution is -2.62. The molecule has 0 heterocycles. The fraction of sp³-hybridized carbons (Fsp3) is 0.688. The molecule has 0 radical (unpaired) electrons. The van der Waals surface area contributed by atoms with E-state index in [0.717, 1.165) is 37.0 Å². The van der Waals surface area contributed by atoms with Gasteiger partial charge >= 0.3 is 0 Å². The monoisotopic (exact) mass is 491 g/mol. The minimum Gasteiger partial charge on any atom is -0.504 e. The summed E-state index contributed by atoms with van der Waals surface area (Å²) in [7, 11) is 1.95. The number of aliphatic hydroxyl groups excluding tert-OH is 1. The van der Waals surface area contributed by atoms with Crippen molar-refractivity contribution < 1.29 is 14.7 Å². The Morgan fingerprint density at radius 3 is 2.36 bits per heavy atom. The molecule has 0 aromatic heterocycles. The van der Waals surface area contributed by atoms with E-state index in [9.17, 15) is 14.7 Å². The Labute approximate surface area is 217 Å². The predicted octanol–water partition coefficient (Wildman–Crippen LogP) is 7.09. The lowest BCUT2D eigenvalue weighted by molar-refractivity contribution is -0.164. The van der Waals surface area contributed by atoms with Gasteiger partial charge in [-0.25, -0.2) is 0 Å². The highest BCUT2D eigenvalue weighted by Crippen LogP contribution is 2.75. The fourth-order valence-corrected chi connectivity index (χ4v) is 9.35. The maximum atomic E-state index is 12.7. The number of ketones is 1. The number of nitrogens with zero attached hydrogens (tertiary/aromatic N) is 1. The van der Waals surface area contributed by atoms with Crippen LogP contribution < -0.4 is 0 Å². The summed E-state index contributed by atoms with van der Waals surface area (Å²) in [5.41, 5.74) is 4.80. The maximum absolute atomic E-state index is 12.7. The fourth-order valence-electron chi connectivity index (χ4n) is 9.35. The summed E-state index contributed by atoms with van der Waals surface area (Å²) in [5.74, 6) is 0.377. The molecule has 5 rings (SSSR count). The van der Waals surface area contributed by atoms with Crippen LogP contribution >= 0.6 is 0 Å². The highest BCUT2D eigenvalue weighted by atomic mass is 16.3. The van der Waals surface area contributed by atoms with Crippen LogP contribution in [0.1, 0.15) is 93.4 Å². The van der Waals surface area contributed by atoms with Crippen LogP contribution in [0.3, 0.4) is 0 Å². The van der Waals surface area contributed by atoms with E-state index in [4.69, 9.17) is 0 Å². The largest absolute Gasteiger partial charge is 0.504 e. The molecule has 5 aliphatic carbocycles. The van der Waals surface area contributed by atoms with Gasteiger partial charge in [0.05, 0.1) is 0 Å². The molecule has 1 amide bonds. The van der Waals surface area contributed by atoms with Gasteiger partial charge in [0.25, 0.3) is 0 Å². The van der Waals surface area contributed by atoms with Crippen molar-refractivity contribution in [3.05, 3.63) is 46.3 Å². The van der Waals surface area contributed by atoms with Crippen molar-refractivity contribution >= 4 is 11.7 Å². The second-order valence-corrected chi connectivity index (χ2v) is 14.2. The molecular formula is C32H45NO3. The quantitative estimate of drug-likeness (QED) is 0.448. The van der Waals surface area contributed by atoms with Crippen molar-refractivity contribution in [3.63, 3.8) is 0 Å². The number of hydrogen-bond donors (Lipinski definition) is 1. The van der Waals surface area contributed by atoms with Gasteiger partial charge in [-0.2, -0.15) is 0 Å². The molecule has 0 aliphatic heterocycles. The van der Waals surface area contributed by atoms with E-state index >= 15 is 0 Å². The van der Waals surface area contributed by atoms with Gasteiger partial charge in [0.15, 0.2) is 5.76 Å². The molecular weight excluding hydrogens is 446 g/mol. The smallest absolute Gasteiger partial charge is 0.220 e. The topological polar surface area (TPSA) is 57.6 Å². The van der Waals surface area contributed by atoms with Crippen LogP contribution in [0.5, 0.6) is 0 Å². The Morgan fingerprint density at radius 2 is 1.69 bits per heavy atom. The molecule has 36 heavy (non-hydrogen) atoms. The number of aliphatic hydroxyl groups is 1. The molecule has 0 aromatic rings. The molecule has 1 N–H and O–H groups in total. The van der Waals surface area contributed by atoms with E-state index in [0.29, 0.717) is 16.9 Å². The number of hydrogen-bond acceptors (Lipinski definition) is 3. The Morgan fingerprint density at radius 1 is 1.03 bits per heavy atom. The van der Waals surface area contributed by atoms with Crippen LogP contribution in [0.15, 0.2) is 46.3 Å². The summed E-state index contributed by atoms with van der Waals surface area (Å²) in [5, 5.41) is 10.3. The van der Waals surface area contributed by atoms with Gasteiger partial charge in [-0.3, -0.25) is 9.59 Å². The van der Waals surface area contributed by atoms with E-state index in [1.54, 1.807) is 13.0 Å². The van der Waals surface area contributed by atoms with Crippen LogP contribution in [0.2, 0.25) is 0 Å². The summed E-state index contributed by atoms with van der Waals surface area (Å²) in [6.45, 7) is 16.7.